The molecule has 2 heterocycles. The van der Waals surface area contributed by atoms with Crippen molar-refractivity contribution in [2.45, 2.75) is 50.9 Å². The van der Waals surface area contributed by atoms with Gasteiger partial charge in [0.2, 0.25) is 11.8 Å². The number of carbonyl (C=O) groups is 1. The van der Waals surface area contributed by atoms with Gasteiger partial charge >= 0.3 is 0 Å². The highest BCUT2D eigenvalue weighted by molar-refractivity contribution is 5.85. The van der Waals surface area contributed by atoms with Crippen molar-refractivity contribution < 1.29 is 9.32 Å². The highest BCUT2D eigenvalue weighted by Crippen LogP contribution is 2.26. The molecule has 20 heavy (non-hydrogen) atoms. The van der Waals surface area contributed by atoms with Crippen LogP contribution in [0.15, 0.2) is 4.52 Å². The summed E-state index contributed by atoms with van der Waals surface area (Å²) in [5.41, 5.74) is 5.45. The molecule has 1 aliphatic carbocycles. The van der Waals surface area contributed by atoms with Crippen LogP contribution in [0.4, 0.5) is 0 Å². The molecule has 112 valence electrons. The van der Waals surface area contributed by atoms with E-state index >= 15 is 0 Å². The number of nitrogens with one attached hydrogen (secondary N) is 1. The van der Waals surface area contributed by atoms with Gasteiger partial charge < -0.3 is 15.6 Å². The van der Waals surface area contributed by atoms with Gasteiger partial charge in [-0.3, -0.25) is 9.69 Å². The van der Waals surface area contributed by atoms with Gasteiger partial charge in [-0.05, 0) is 12.8 Å². The maximum absolute atomic E-state index is 11.7. The summed E-state index contributed by atoms with van der Waals surface area (Å²) in [7, 11) is 0. The van der Waals surface area contributed by atoms with E-state index in [9.17, 15) is 4.79 Å². The highest BCUT2D eigenvalue weighted by Gasteiger charge is 2.36. The van der Waals surface area contributed by atoms with Crippen molar-refractivity contribution in [1.29, 1.82) is 0 Å². The molecular formula is C12H20ClN5O2. The van der Waals surface area contributed by atoms with Crippen molar-refractivity contribution >= 4 is 18.3 Å². The van der Waals surface area contributed by atoms with Crippen LogP contribution in [0.2, 0.25) is 0 Å². The number of halogens is 1. The minimum Gasteiger partial charge on any atom is -0.351 e. The number of aromatic nitrogens is 2. The molecule has 1 aromatic heterocycles. The Morgan fingerprint density at radius 2 is 2.20 bits per heavy atom. The number of nitrogens with zero attached hydrogens (tertiary/aromatic N) is 3. The predicted molar refractivity (Wildman–Crippen MR) is 74.0 cm³/mol. The van der Waals surface area contributed by atoms with Gasteiger partial charge in [-0.1, -0.05) is 18.0 Å². The topological polar surface area (TPSA) is 97.3 Å². The van der Waals surface area contributed by atoms with Gasteiger partial charge in [-0.15, -0.1) is 12.4 Å². The van der Waals surface area contributed by atoms with Gasteiger partial charge in [0.25, 0.3) is 0 Å². The first kappa shape index (κ1) is 15.2. The molecule has 1 saturated carbocycles. The van der Waals surface area contributed by atoms with Gasteiger partial charge in [0.15, 0.2) is 5.82 Å². The number of hydrogen-bond donors (Lipinski definition) is 2. The summed E-state index contributed by atoms with van der Waals surface area (Å²) in [6, 6.07) is 0.669. The number of rotatable bonds is 3. The Morgan fingerprint density at radius 1 is 1.40 bits per heavy atom. The molecule has 2 atom stereocenters. The normalized spacial score (nSPS) is 26.6. The van der Waals surface area contributed by atoms with Crippen molar-refractivity contribution in [3.8, 4) is 0 Å². The van der Waals surface area contributed by atoms with Crippen LogP contribution >= 0.6 is 12.4 Å². The first-order chi connectivity index (χ1) is 9.26. The second kappa shape index (κ2) is 6.51. The largest absolute Gasteiger partial charge is 0.351 e. The molecule has 2 unspecified atom stereocenters. The van der Waals surface area contributed by atoms with Crippen molar-refractivity contribution in [3.63, 3.8) is 0 Å². The highest BCUT2D eigenvalue weighted by atomic mass is 35.5. The van der Waals surface area contributed by atoms with E-state index in [1.165, 1.54) is 12.8 Å². The van der Waals surface area contributed by atoms with E-state index in [4.69, 9.17) is 10.3 Å². The van der Waals surface area contributed by atoms with Crippen LogP contribution in [0, 0.1) is 0 Å². The van der Waals surface area contributed by atoms with Gasteiger partial charge in [0.05, 0.1) is 19.6 Å². The van der Waals surface area contributed by atoms with E-state index in [0.717, 1.165) is 12.8 Å². The third-order valence-electron chi connectivity index (χ3n) is 3.92. The zero-order valence-corrected chi connectivity index (χ0v) is 12.1. The van der Waals surface area contributed by atoms with Gasteiger partial charge in [0.1, 0.15) is 0 Å². The number of piperazine rings is 1. The van der Waals surface area contributed by atoms with Crippen LogP contribution in [-0.2, 0) is 17.9 Å². The Morgan fingerprint density at radius 3 is 2.95 bits per heavy atom. The second-order valence-electron chi connectivity index (χ2n) is 5.24. The minimum atomic E-state index is 0. The summed E-state index contributed by atoms with van der Waals surface area (Å²) in [5.74, 6) is 1.14. The Balaban J connectivity index is 0.00000147. The Kier molecular flexibility index (Phi) is 4.95. The second-order valence-corrected chi connectivity index (χ2v) is 5.24. The molecule has 1 saturated heterocycles. The first-order valence-corrected chi connectivity index (χ1v) is 6.81. The van der Waals surface area contributed by atoms with Crippen LogP contribution in [0.5, 0.6) is 0 Å². The van der Waals surface area contributed by atoms with Crippen molar-refractivity contribution in [2.24, 2.45) is 5.73 Å². The van der Waals surface area contributed by atoms with Crippen LogP contribution in [0.3, 0.4) is 0 Å². The molecule has 1 amide bonds. The smallest absolute Gasteiger partial charge is 0.240 e. The summed E-state index contributed by atoms with van der Waals surface area (Å²) in [6.07, 6.45) is 4.59. The Hall–Kier alpha value is -1.18. The zero-order valence-electron chi connectivity index (χ0n) is 11.2. The first-order valence-electron chi connectivity index (χ1n) is 6.81. The molecule has 0 radical (unpaired) electrons. The molecule has 2 fully saturated rings. The zero-order chi connectivity index (χ0) is 13.2. The van der Waals surface area contributed by atoms with Crippen molar-refractivity contribution in [3.05, 3.63) is 11.7 Å². The number of amides is 1. The summed E-state index contributed by atoms with van der Waals surface area (Å²) in [5, 5.41) is 6.99. The van der Waals surface area contributed by atoms with E-state index in [-0.39, 0.29) is 30.9 Å². The van der Waals surface area contributed by atoms with Crippen LogP contribution in [0.1, 0.15) is 37.4 Å². The maximum Gasteiger partial charge on any atom is 0.240 e. The van der Waals surface area contributed by atoms with Crippen LogP contribution in [0.25, 0.3) is 0 Å². The summed E-state index contributed by atoms with van der Waals surface area (Å²) < 4.78 is 5.00. The van der Waals surface area contributed by atoms with E-state index in [2.05, 4.69) is 20.4 Å². The Labute approximate surface area is 123 Å². The predicted octanol–water partition coefficient (Wildman–Crippen LogP) is 0.193. The summed E-state index contributed by atoms with van der Waals surface area (Å²) in [4.78, 5) is 18.1. The average molecular weight is 302 g/mol. The lowest BCUT2D eigenvalue weighted by atomic mass is 9.87. The fourth-order valence-corrected chi connectivity index (χ4v) is 3.06. The molecule has 0 aromatic carbocycles. The molecule has 1 aromatic rings. The SMILES string of the molecule is Cl.NCc1nc(CN2CC(=O)NC3CCCCC32)no1. The molecule has 3 N–H and O–H groups in total. The molecule has 7 nitrogen and oxygen atoms in total. The molecule has 3 rings (SSSR count). The third kappa shape index (κ3) is 3.11. The molecule has 8 heteroatoms. The van der Waals surface area contributed by atoms with E-state index in [1.54, 1.807) is 0 Å². The standard InChI is InChI=1S/C12H19N5O2.ClH/c13-5-12-15-10(16-19-12)6-17-7-11(18)14-8-3-1-2-4-9(8)17;/h8-9H,1-7,13H2,(H,14,18);1H. The fourth-order valence-electron chi connectivity index (χ4n) is 3.06. The fraction of sp³-hybridized carbons (Fsp3) is 0.750. The summed E-state index contributed by atoms with van der Waals surface area (Å²) >= 11 is 0. The van der Waals surface area contributed by atoms with Gasteiger partial charge in [-0.25, -0.2) is 0 Å². The molecule has 0 bridgehead atoms. The quantitative estimate of drug-likeness (QED) is 0.827. The van der Waals surface area contributed by atoms with E-state index in [0.29, 0.717) is 30.8 Å². The lowest BCUT2D eigenvalue weighted by Gasteiger charge is -2.43. The lowest BCUT2D eigenvalue weighted by Crippen LogP contribution is -2.61. The third-order valence-corrected chi connectivity index (χ3v) is 3.92. The van der Waals surface area contributed by atoms with Crippen molar-refractivity contribution in [2.75, 3.05) is 6.54 Å². The number of fused-ring (bicyclic) bond motifs is 1. The van der Waals surface area contributed by atoms with E-state index < -0.39 is 0 Å². The number of carbonyl (C=O) groups excluding carboxylic acids is 1. The van der Waals surface area contributed by atoms with Crippen LogP contribution < -0.4 is 11.1 Å². The number of nitrogens with two attached hydrogens (primary N) is 1. The monoisotopic (exact) mass is 301 g/mol. The average Bonchev–Trinajstić information content (AvgIpc) is 2.86. The molecule has 1 aliphatic heterocycles. The minimum absolute atomic E-state index is 0. The van der Waals surface area contributed by atoms with Crippen molar-refractivity contribution in [1.82, 2.24) is 20.4 Å². The summed E-state index contributed by atoms with van der Waals surface area (Å²) in [6.45, 7) is 1.21. The van der Waals surface area contributed by atoms with Gasteiger partial charge in [-0.2, -0.15) is 4.98 Å². The number of hydrogen-bond acceptors (Lipinski definition) is 6. The maximum atomic E-state index is 11.7. The molecular weight excluding hydrogens is 282 g/mol. The molecule has 2 aliphatic rings. The lowest BCUT2D eigenvalue weighted by molar-refractivity contribution is -0.128. The Bertz CT molecular complexity index is 466. The molecule has 0 spiro atoms. The van der Waals surface area contributed by atoms with E-state index in [1.807, 2.05) is 0 Å². The van der Waals surface area contributed by atoms with Gasteiger partial charge in [0, 0.05) is 12.1 Å². The van der Waals surface area contributed by atoms with Crippen LogP contribution in [-0.4, -0.2) is 39.6 Å².